The maximum absolute atomic E-state index is 12.1. The monoisotopic (exact) mass is 282 g/mol. The molecule has 0 spiro atoms. The summed E-state index contributed by atoms with van der Waals surface area (Å²) < 4.78 is 11.7. The second-order valence-electron chi connectivity index (χ2n) is 5.45. The summed E-state index contributed by atoms with van der Waals surface area (Å²) in [5.41, 5.74) is 7.19. The molecule has 4 nitrogen and oxygen atoms in total. The molecule has 0 aliphatic heterocycles. The number of hydrogen-bond donors (Lipinski definition) is 2. The van der Waals surface area contributed by atoms with Gasteiger partial charge in [0.25, 0.3) is 0 Å². The van der Waals surface area contributed by atoms with Crippen LogP contribution < -0.4 is 11.1 Å². The van der Waals surface area contributed by atoms with E-state index in [9.17, 15) is 9.00 Å². The van der Waals surface area contributed by atoms with Crippen LogP contribution in [0.15, 0.2) is 24.3 Å². The SMILES string of the molecule is CC(C(=O)Nc1cccc(CN)c1)S(=O)C(C)(C)C. The van der Waals surface area contributed by atoms with Gasteiger partial charge in [-0.3, -0.25) is 9.00 Å². The van der Waals surface area contributed by atoms with Gasteiger partial charge < -0.3 is 11.1 Å². The van der Waals surface area contributed by atoms with Crippen LogP contribution in [-0.2, 0) is 22.1 Å². The molecular formula is C14H22N2O2S. The molecule has 1 rings (SSSR count). The molecule has 0 bridgehead atoms. The third kappa shape index (κ3) is 4.44. The van der Waals surface area contributed by atoms with E-state index in [1.807, 2.05) is 39.0 Å². The van der Waals surface area contributed by atoms with Crippen molar-refractivity contribution in [3.8, 4) is 0 Å². The van der Waals surface area contributed by atoms with E-state index in [1.54, 1.807) is 13.0 Å². The number of carbonyl (C=O) groups excluding carboxylic acids is 1. The molecule has 0 saturated heterocycles. The van der Waals surface area contributed by atoms with Crippen LogP contribution in [0.25, 0.3) is 0 Å². The molecule has 0 aliphatic rings. The topological polar surface area (TPSA) is 72.2 Å². The third-order valence-corrected chi connectivity index (χ3v) is 4.79. The Morgan fingerprint density at radius 2 is 2.05 bits per heavy atom. The number of amides is 1. The van der Waals surface area contributed by atoms with Crippen molar-refractivity contribution in [2.45, 2.75) is 44.2 Å². The van der Waals surface area contributed by atoms with Gasteiger partial charge in [-0.05, 0) is 45.4 Å². The fraction of sp³-hybridized carbons (Fsp3) is 0.500. The summed E-state index contributed by atoms with van der Waals surface area (Å²) in [5, 5.41) is 2.23. The van der Waals surface area contributed by atoms with Gasteiger partial charge in [-0.15, -0.1) is 0 Å². The summed E-state index contributed by atoms with van der Waals surface area (Å²) >= 11 is 0. The molecule has 0 saturated carbocycles. The van der Waals surface area contributed by atoms with E-state index in [2.05, 4.69) is 5.32 Å². The minimum atomic E-state index is -1.23. The molecule has 5 heteroatoms. The Labute approximate surface area is 117 Å². The number of carbonyl (C=O) groups is 1. The van der Waals surface area contributed by atoms with Crippen LogP contribution in [0, 0.1) is 0 Å². The summed E-state index contributed by atoms with van der Waals surface area (Å²) in [6.07, 6.45) is 0. The van der Waals surface area contributed by atoms with Crippen LogP contribution in [0.4, 0.5) is 5.69 Å². The van der Waals surface area contributed by atoms with Crippen molar-refractivity contribution in [3.63, 3.8) is 0 Å². The third-order valence-electron chi connectivity index (χ3n) is 2.72. The van der Waals surface area contributed by atoms with Crippen molar-refractivity contribution >= 4 is 22.4 Å². The fourth-order valence-electron chi connectivity index (χ4n) is 1.65. The first-order valence-electron chi connectivity index (χ1n) is 6.26. The van der Waals surface area contributed by atoms with E-state index in [0.29, 0.717) is 12.2 Å². The Morgan fingerprint density at radius 3 is 2.58 bits per heavy atom. The quantitative estimate of drug-likeness (QED) is 0.887. The Balaban J connectivity index is 2.76. The predicted molar refractivity (Wildman–Crippen MR) is 80.3 cm³/mol. The van der Waals surface area contributed by atoms with Crippen LogP contribution in [0.5, 0.6) is 0 Å². The van der Waals surface area contributed by atoms with Gasteiger partial charge in [0.2, 0.25) is 5.91 Å². The van der Waals surface area contributed by atoms with E-state index in [0.717, 1.165) is 5.56 Å². The summed E-state index contributed by atoms with van der Waals surface area (Å²) in [6.45, 7) is 7.70. The molecule has 1 amide bonds. The number of nitrogens with one attached hydrogen (secondary N) is 1. The minimum absolute atomic E-state index is 0.234. The lowest BCUT2D eigenvalue weighted by Gasteiger charge is -2.22. The first kappa shape index (κ1) is 15.9. The Kier molecular flexibility index (Phi) is 5.26. The highest BCUT2D eigenvalue weighted by Crippen LogP contribution is 2.18. The molecule has 1 aromatic rings. The normalized spacial score (nSPS) is 14.8. The lowest BCUT2D eigenvalue weighted by atomic mass is 10.2. The van der Waals surface area contributed by atoms with E-state index in [4.69, 9.17) is 5.73 Å². The van der Waals surface area contributed by atoms with Crippen LogP contribution in [0.3, 0.4) is 0 Å². The lowest BCUT2D eigenvalue weighted by Crippen LogP contribution is -2.37. The van der Waals surface area contributed by atoms with Crippen LogP contribution >= 0.6 is 0 Å². The van der Waals surface area contributed by atoms with Crippen molar-refractivity contribution in [1.29, 1.82) is 0 Å². The highest BCUT2D eigenvalue weighted by atomic mass is 32.2. The van der Waals surface area contributed by atoms with Gasteiger partial charge in [-0.25, -0.2) is 0 Å². The van der Waals surface area contributed by atoms with Gasteiger partial charge in [0.05, 0.1) is 0 Å². The van der Waals surface area contributed by atoms with Gasteiger partial charge in [0, 0.05) is 27.8 Å². The van der Waals surface area contributed by atoms with E-state index in [-0.39, 0.29) is 5.91 Å². The summed E-state index contributed by atoms with van der Waals surface area (Å²) in [7, 11) is -1.23. The average Bonchev–Trinajstić information content (AvgIpc) is 2.36. The highest BCUT2D eigenvalue weighted by Gasteiger charge is 2.29. The van der Waals surface area contributed by atoms with E-state index in [1.165, 1.54) is 0 Å². The van der Waals surface area contributed by atoms with Crippen LogP contribution in [0.1, 0.15) is 33.3 Å². The van der Waals surface area contributed by atoms with Gasteiger partial charge in [0.15, 0.2) is 0 Å². The van der Waals surface area contributed by atoms with Gasteiger partial charge in [-0.2, -0.15) is 0 Å². The molecule has 3 N–H and O–H groups in total. The Bertz CT molecular complexity index is 481. The predicted octanol–water partition coefficient (Wildman–Crippen LogP) is 2.02. The van der Waals surface area contributed by atoms with Crippen molar-refractivity contribution in [1.82, 2.24) is 0 Å². The number of anilines is 1. The Morgan fingerprint density at radius 1 is 1.42 bits per heavy atom. The lowest BCUT2D eigenvalue weighted by molar-refractivity contribution is -0.115. The summed E-state index contributed by atoms with van der Waals surface area (Å²) in [4.78, 5) is 12.1. The zero-order valence-electron chi connectivity index (χ0n) is 11.9. The van der Waals surface area contributed by atoms with Gasteiger partial charge in [0.1, 0.15) is 5.25 Å². The molecule has 0 aliphatic carbocycles. The maximum atomic E-state index is 12.1. The zero-order valence-corrected chi connectivity index (χ0v) is 12.7. The fourth-order valence-corrected chi connectivity index (χ4v) is 2.96. The van der Waals surface area contributed by atoms with Crippen molar-refractivity contribution in [2.75, 3.05) is 5.32 Å². The number of rotatable bonds is 4. The molecule has 2 unspecified atom stereocenters. The van der Waals surface area contributed by atoms with E-state index < -0.39 is 20.8 Å². The van der Waals surface area contributed by atoms with Crippen LogP contribution in [-0.4, -0.2) is 20.1 Å². The summed E-state index contributed by atoms with van der Waals surface area (Å²) in [6, 6.07) is 7.35. The molecule has 19 heavy (non-hydrogen) atoms. The van der Waals surface area contributed by atoms with Crippen molar-refractivity contribution in [3.05, 3.63) is 29.8 Å². The molecule has 0 heterocycles. The largest absolute Gasteiger partial charge is 0.326 e. The zero-order chi connectivity index (χ0) is 14.6. The average molecular weight is 282 g/mol. The van der Waals surface area contributed by atoms with Crippen molar-refractivity contribution < 1.29 is 9.00 Å². The molecule has 0 aromatic heterocycles. The second kappa shape index (κ2) is 6.30. The second-order valence-corrected chi connectivity index (χ2v) is 7.97. The maximum Gasteiger partial charge on any atom is 0.239 e. The number of nitrogens with two attached hydrogens (primary N) is 1. The number of hydrogen-bond acceptors (Lipinski definition) is 3. The minimum Gasteiger partial charge on any atom is -0.326 e. The molecule has 2 atom stereocenters. The molecule has 106 valence electrons. The van der Waals surface area contributed by atoms with E-state index >= 15 is 0 Å². The summed E-state index contributed by atoms with van der Waals surface area (Å²) in [5.74, 6) is -0.234. The standard InChI is InChI=1S/C14H22N2O2S/c1-10(19(18)14(2,3)4)13(17)16-12-7-5-6-11(8-12)9-15/h5-8,10H,9,15H2,1-4H3,(H,16,17). The molecule has 0 fully saturated rings. The number of benzene rings is 1. The highest BCUT2D eigenvalue weighted by molar-refractivity contribution is 7.87. The molecular weight excluding hydrogens is 260 g/mol. The molecule has 0 radical (unpaired) electrons. The molecule has 1 aromatic carbocycles. The van der Waals surface area contributed by atoms with Gasteiger partial charge >= 0.3 is 0 Å². The Hall–Kier alpha value is -1.20. The smallest absolute Gasteiger partial charge is 0.239 e. The first-order valence-corrected chi connectivity index (χ1v) is 7.47. The van der Waals surface area contributed by atoms with Gasteiger partial charge in [-0.1, -0.05) is 12.1 Å². The van der Waals surface area contributed by atoms with Crippen LogP contribution in [0.2, 0.25) is 0 Å². The van der Waals surface area contributed by atoms with Crippen molar-refractivity contribution in [2.24, 2.45) is 5.73 Å². The first-order chi connectivity index (χ1) is 8.75.